The lowest BCUT2D eigenvalue weighted by Gasteiger charge is -2.15. The molecule has 0 fully saturated rings. The first kappa shape index (κ1) is 15.9. The molecule has 3 heterocycles. The van der Waals surface area contributed by atoms with Gasteiger partial charge in [-0.15, -0.1) is 15.3 Å². The predicted octanol–water partition coefficient (Wildman–Crippen LogP) is 1.27. The van der Waals surface area contributed by atoms with Gasteiger partial charge in [0.15, 0.2) is 18.0 Å². The Kier molecular flexibility index (Phi) is 4.41. The van der Waals surface area contributed by atoms with Crippen molar-refractivity contribution in [3.63, 3.8) is 0 Å². The normalized spacial score (nSPS) is 11.2. The number of carbonyl (C=O) groups is 1. The molecular formula is C15H18N6O3. The molecule has 0 spiro atoms. The molecule has 3 rings (SSSR count). The molecule has 0 saturated heterocycles. The average molecular weight is 330 g/mol. The largest absolute Gasteiger partial charge is 0.467 e. The maximum absolute atomic E-state index is 12.2. The van der Waals surface area contributed by atoms with E-state index in [4.69, 9.17) is 9.26 Å². The minimum atomic E-state index is -0.192. The van der Waals surface area contributed by atoms with E-state index in [2.05, 4.69) is 20.5 Å². The summed E-state index contributed by atoms with van der Waals surface area (Å²) < 4.78 is 12.1. The van der Waals surface area contributed by atoms with Crippen molar-refractivity contribution in [2.45, 2.75) is 26.3 Å². The third-order valence-corrected chi connectivity index (χ3v) is 3.47. The van der Waals surface area contributed by atoms with Crippen LogP contribution >= 0.6 is 0 Å². The van der Waals surface area contributed by atoms with Crippen LogP contribution in [0.5, 0.6) is 5.88 Å². The second-order valence-corrected chi connectivity index (χ2v) is 5.72. The minimum absolute atomic E-state index is 0.123. The number of rotatable bonds is 6. The van der Waals surface area contributed by atoms with Crippen LogP contribution in [-0.4, -0.2) is 49.4 Å². The summed E-state index contributed by atoms with van der Waals surface area (Å²) in [5.41, 5.74) is 1.48. The van der Waals surface area contributed by atoms with Gasteiger partial charge in [0.1, 0.15) is 6.33 Å². The van der Waals surface area contributed by atoms with Gasteiger partial charge in [-0.3, -0.25) is 4.79 Å². The van der Waals surface area contributed by atoms with E-state index in [0.717, 1.165) is 5.69 Å². The van der Waals surface area contributed by atoms with Crippen molar-refractivity contribution in [1.29, 1.82) is 0 Å². The van der Waals surface area contributed by atoms with Crippen LogP contribution in [0.25, 0.3) is 5.65 Å². The number of likely N-dealkylation sites (N-methyl/N-ethyl adjacent to an activating group) is 1. The highest BCUT2D eigenvalue weighted by Gasteiger charge is 2.15. The van der Waals surface area contributed by atoms with Crippen LogP contribution in [0.2, 0.25) is 0 Å². The molecule has 0 bridgehead atoms. The second kappa shape index (κ2) is 6.65. The number of hydrogen-bond acceptors (Lipinski definition) is 7. The summed E-state index contributed by atoms with van der Waals surface area (Å²) in [6.07, 6.45) is 1.46. The SMILES string of the molecule is CC(C)c1cc(CN(C)C(=O)COc2ccc3nncn3n2)on1. The van der Waals surface area contributed by atoms with E-state index in [1.807, 2.05) is 19.9 Å². The van der Waals surface area contributed by atoms with Crippen molar-refractivity contribution in [2.75, 3.05) is 13.7 Å². The first-order valence-electron chi connectivity index (χ1n) is 7.52. The third-order valence-electron chi connectivity index (χ3n) is 3.47. The molecule has 3 aromatic rings. The molecule has 0 N–H and O–H groups in total. The molecule has 1 amide bonds. The van der Waals surface area contributed by atoms with Gasteiger partial charge < -0.3 is 14.2 Å². The molecule has 0 aliphatic rings. The number of aromatic nitrogens is 5. The first-order chi connectivity index (χ1) is 11.5. The number of nitrogens with zero attached hydrogens (tertiary/aromatic N) is 6. The summed E-state index contributed by atoms with van der Waals surface area (Å²) in [5, 5.41) is 15.7. The van der Waals surface area contributed by atoms with Crippen LogP contribution in [0, 0.1) is 0 Å². The van der Waals surface area contributed by atoms with Crippen LogP contribution in [0.15, 0.2) is 29.0 Å². The molecule has 0 saturated carbocycles. The van der Waals surface area contributed by atoms with Crippen molar-refractivity contribution >= 4 is 11.6 Å². The molecule has 9 heteroatoms. The van der Waals surface area contributed by atoms with E-state index >= 15 is 0 Å². The van der Waals surface area contributed by atoms with Gasteiger partial charge in [-0.2, -0.15) is 4.52 Å². The summed E-state index contributed by atoms with van der Waals surface area (Å²) in [5.74, 6) is 1.05. The van der Waals surface area contributed by atoms with Gasteiger partial charge in [0.05, 0.1) is 12.2 Å². The molecule has 9 nitrogen and oxygen atoms in total. The van der Waals surface area contributed by atoms with Gasteiger partial charge >= 0.3 is 0 Å². The molecule has 126 valence electrons. The van der Waals surface area contributed by atoms with Crippen LogP contribution in [0.4, 0.5) is 0 Å². The van der Waals surface area contributed by atoms with Crippen molar-refractivity contribution in [2.24, 2.45) is 0 Å². The van der Waals surface area contributed by atoms with E-state index < -0.39 is 0 Å². The molecular weight excluding hydrogens is 312 g/mol. The zero-order valence-corrected chi connectivity index (χ0v) is 13.7. The molecule has 0 aliphatic heterocycles. The lowest BCUT2D eigenvalue weighted by Crippen LogP contribution is -2.31. The highest BCUT2D eigenvalue weighted by molar-refractivity contribution is 5.77. The van der Waals surface area contributed by atoms with E-state index in [0.29, 0.717) is 23.8 Å². The van der Waals surface area contributed by atoms with E-state index in [1.54, 1.807) is 19.2 Å². The lowest BCUT2D eigenvalue weighted by atomic mass is 10.1. The highest BCUT2D eigenvalue weighted by Crippen LogP contribution is 2.15. The Morgan fingerprint density at radius 2 is 2.25 bits per heavy atom. The standard InChI is InChI=1S/C15H18N6O3/c1-10(2)12-6-11(24-19-12)7-20(3)15(22)8-23-14-5-4-13-17-16-9-21(13)18-14/h4-6,9-10H,7-8H2,1-3H3. The molecule has 24 heavy (non-hydrogen) atoms. The molecule has 0 atom stereocenters. The van der Waals surface area contributed by atoms with Gasteiger partial charge in [0, 0.05) is 19.2 Å². The van der Waals surface area contributed by atoms with E-state index in [9.17, 15) is 4.79 Å². The number of carbonyl (C=O) groups excluding carboxylic acids is 1. The number of amides is 1. The van der Waals surface area contributed by atoms with Crippen molar-refractivity contribution in [3.8, 4) is 5.88 Å². The van der Waals surface area contributed by atoms with Gasteiger partial charge in [-0.25, -0.2) is 0 Å². The van der Waals surface area contributed by atoms with Crippen molar-refractivity contribution in [1.82, 2.24) is 29.9 Å². The number of hydrogen-bond donors (Lipinski definition) is 0. The second-order valence-electron chi connectivity index (χ2n) is 5.72. The van der Waals surface area contributed by atoms with Crippen molar-refractivity contribution < 1.29 is 14.1 Å². The van der Waals surface area contributed by atoms with E-state index in [1.165, 1.54) is 15.7 Å². The van der Waals surface area contributed by atoms with Gasteiger partial charge in [-0.05, 0) is 12.0 Å². The average Bonchev–Trinajstić information content (AvgIpc) is 3.20. The summed E-state index contributed by atoms with van der Waals surface area (Å²) >= 11 is 0. The van der Waals surface area contributed by atoms with Gasteiger partial charge in [0.2, 0.25) is 5.88 Å². The molecule has 0 unspecified atom stereocenters. The lowest BCUT2D eigenvalue weighted by molar-refractivity contribution is -0.132. The summed E-state index contributed by atoms with van der Waals surface area (Å²) in [6, 6.07) is 5.21. The quantitative estimate of drug-likeness (QED) is 0.671. The molecule has 0 aliphatic carbocycles. The fourth-order valence-corrected chi connectivity index (χ4v) is 2.03. The molecule has 0 aromatic carbocycles. The smallest absolute Gasteiger partial charge is 0.260 e. The summed E-state index contributed by atoms with van der Waals surface area (Å²) in [4.78, 5) is 13.7. The molecule has 3 aromatic heterocycles. The van der Waals surface area contributed by atoms with Crippen LogP contribution in [0.1, 0.15) is 31.2 Å². The van der Waals surface area contributed by atoms with Crippen molar-refractivity contribution in [3.05, 3.63) is 36.0 Å². The van der Waals surface area contributed by atoms with Crippen LogP contribution in [-0.2, 0) is 11.3 Å². The number of ether oxygens (including phenoxy) is 1. The zero-order valence-electron chi connectivity index (χ0n) is 13.7. The highest BCUT2D eigenvalue weighted by atomic mass is 16.5. The summed E-state index contributed by atoms with van der Waals surface area (Å²) in [6.45, 7) is 4.27. The van der Waals surface area contributed by atoms with Gasteiger partial charge in [0.25, 0.3) is 5.91 Å². The number of fused-ring (bicyclic) bond motifs is 1. The Balaban J connectivity index is 1.55. The topological polar surface area (TPSA) is 98.7 Å². The Bertz CT molecular complexity index is 840. The monoisotopic (exact) mass is 330 g/mol. The zero-order chi connectivity index (χ0) is 17.1. The fourth-order valence-electron chi connectivity index (χ4n) is 2.03. The maximum Gasteiger partial charge on any atom is 0.260 e. The molecule has 0 radical (unpaired) electrons. The Morgan fingerprint density at radius 3 is 3.00 bits per heavy atom. The van der Waals surface area contributed by atoms with Gasteiger partial charge in [-0.1, -0.05) is 19.0 Å². The fraction of sp³-hybridized carbons (Fsp3) is 0.400. The van der Waals surface area contributed by atoms with E-state index in [-0.39, 0.29) is 18.4 Å². The maximum atomic E-state index is 12.2. The van der Waals surface area contributed by atoms with Crippen LogP contribution < -0.4 is 4.74 Å². The third kappa shape index (κ3) is 3.50. The first-order valence-corrected chi connectivity index (χ1v) is 7.52. The Hall–Kier alpha value is -2.97. The Morgan fingerprint density at radius 1 is 1.42 bits per heavy atom. The summed E-state index contributed by atoms with van der Waals surface area (Å²) in [7, 11) is 1.68. The minimum Gasteiger partial charge on any atom is -0.467 e. The Labute approximate surface area is 138 Å². The predicted molar refractivity (Wildman–Crippen MR) is 83.3 cm³/mol. The van der Waals surface area contributed by atoms with Crippen LogP contribution in [0.3, 0.4) is 0 Å².